The molecule has 0 atom stereocenters. The van der Waals surface area contributed by atoms with Crippen LogP contribution < -0.4 is 29.8 Å². The first kappa shape index (κ1) is 22.0. The number of nitrogens with one attached hydrogen (secondary N) is 2. The number of hydrogen-bond acceptors (Lipinski definition) is 7. The molecular formula is C23H24N4O6. The van der Waals surface area contributed by atoms with Gasteiger partial charge in [-0.1, -0.05) is 0 Å². The van der Waals surface area contributed by atoms with Gasteiger partial charge in [0.15, 0.2) is 11.5 Å². The number of aromatic nitrogens is 3. The second-order valence-corrected chi connectivity index (χ2v) is 7.23. The van der Waals surface area contributed by atoms with Gasteiger partial charge in [0.05, 0.1) is 40.3 Å². The second kappa shape index (κ2) is 9.11. The molecule has 10 heteroatoms. The Hall–Kier alpha value is -4.21. The van der Waals surface area contributed by atoms with Gasteiger partial charge in [-0.05, 0) is 24.3 Å². The average Bonchev–Trinajstić information content (AvgIpc) is 3.21. The highest BCUT2D eigenvalue weighted by atomic mass is 16.5. The molecule has 0 bridgehead atoms. The lowest BCUT2D eigenvalue weighted by molar-refractivity contribution is -0.121. The van der Waals surface area contributed by atoms with Crippen molar-refractivity contribution in [3.05, 3.63) is 52.6 Å². The first-order valence-corrected chi connectivity index (χ1v) is 10.1. The molecule has 10 nitrogen and oxygen atoms in total. The molecule has 2 heterocycles. The predicted octanol–water partition coefficient (Wildman–Crippen LogP) is 2.23. The Morgan fingerprint density at radius 1 is 1.00 bits per heavy atom. The predicted molar refractivity (Wildman–Crippen MR) is 122 cm³/mol. The standard InChI is InChI=1S/C23H24N4O6/c1-30-14-5-6-17(31-2)13(7-14)10-24-20(28)11-27-12-25-21-15-8-18(32-3)19(33-4)9-16(15)26-22(21)23(27)29/h5-9,12,26H,10-11H2,1-4H3,(H,24,28). The Morgan fingerprint density at radius 3 is 2.42 bits per heavy atom. The van der Waals surface area contributed by atoms with Crippen molar-refractivity contribution in [3.8, 4) is 23.0 Å². The van der Waals surface area contributed by atoms with Gasteiger partial charge < -0.3 is 29.2 Å². The van der Waals surface area contributed by atoms with Crippen LogP contribution in [0, 0.1) is 0 Å². The van der Waals surface area contributed by atoms with Gasteiger partial charge in [-0.2, -0.15) is 0 Å². The number of H-pyrrole nitrogens is 1. The SMILES string of the molecule is COc1ccc(OC)c(CNC(=O)Cn2cnc3c([nH]c4cc(OC)c(OC)cc43)c2=O)c1. The topological polar surface area (TPSA) is 117 Å². The first-order valence-electron chi connectivity index (χ1n) is 10.1. The Balaban J connectivity index is 1.58. The molecule has 2 N–H and O–H groups in total. The number of ether oxygens (including phenoxy) is 4. The van der Waals surface area contributed by atoms with Crippen molar-refractivity contribution < 1.29 is 23.7 Å². The monoisotopic (exact) mass is 452 g/mol. The molecule has 0 fully saturated rings. The zero-order valence-corrected chi connectivity index (χ0v) is 18.7. The van der Waals surface area contributed by atoms with Crippen LogP contribution in [0.25, 0.3) is 21.9 Å². The van der Waals surface area contributed by atoms with Crippen molar-refractivity contribution >= 4 is 27.8 Å². The first-order chi connectivity index (χ1) is 16.0. The van der Waals surface area contributed by atoms with Crippen molar-refractivity contribution in [3.63, 3.8) is 0 Å². The second-order valence-electron chi connectivity index (χ2n) is 7.23. The lowest BCUT2D eigenvalue weighted by atomic mass is 10.2. The number of hydrogen-bond donors (Lipinski definition) is 2. The Kier molecular flexibility index (Phi) is 6.07. The molecule has 2 aromatic carbocycles. The van der Waals surface area contributed by atoms with Crippen molar-refractivity contribution in [2.75, 3.05) is 28.4 Å². The van der Waals surface area contributed by atoms with E-state index in [0.29, 0.717) is 39.5 Å². The highest BCUT2D eigenvalue weighted by molar-refractivity contribution is 6.05. The number of rotatable bonds is 8. The summed E-state index contributed by atoms with van der Waals surface area (Å²) < 4.78 is 22.5. The van der Waals surface area contributed by atoms with E-state index in [1.165, 1.54) is 18.0 Å². The summed E-state index contributed by atoms with van der Waals surface area (Å²) in [5, 5.41) is 3.52. The van der Waals surface area contributed by atoms with Gasteiger partial charge in [0.2, 0.25) is 5.91 Å². The normalized spacial score (nSPS) is 10.9. The molecule has 172 valence electrons. The number of methoxy groups -OCH3 is 4. The van der Waals surface area contributed by atoms with Crippen molar-refractivity contribution in [2.24, 2.45) is 0 Å². The maximum absolute atomic E-state index is 13.0. The van der Waals surface area contributed by atoms with E-state index in [0.717, 1.165) is 10.9 Å². The summed E-state index contributed by atoms with van der Waals surface area (Å²) in [6.07, 6.45) is 1.36. The fourth-order valence-corrected chi connectivity index (χ4v) is 3.66. The average molecular weight is 452 g/mol. The van der Waals surface area contributed by atoms with Gasteiger partial charge in [0.25, 0.3) is 5.56 Å². The maximum atomic E-state index is 13.0. The minimum atomic E-state index is -0.358. The fraction of sp³-hybridized carbons (Fsp3) is 0.261. The number of fused-ring (bicyclic) bond motifs is 3. The third kappa shape index (κ3) is 4.14. The molecule has 0 aliphatic rings. The number of carbonyl (C=O) groups excluding carboxylic acids is 1. The molecule has 1 amide bonds. The van der Waals surface area contributed by atoms with Gasteiger partial charge in [0.1, 0.15) is 29.1 Å². The summed E-state index contributed by atoms with van der Waals surface area (Å²) in [5.41, 5.74) is 1.87. The molecule has 0 unspecified atom stereocenters. The highest BCUT2D eigenvalue weighted by Gasteiger charge is 2.16. The summed E-state index contributed by atoms with van der Waals surface area (Å²) in [5.74, 6) is 1.99. The van der Waals surface area contributed by atoms with Crippen LogP contribution in [0.15, 0.2) is 41.5 Å². The number of amides is 1. The molecule has 0 radical (unpaired) electrons. The largest absolute Gasteiger partial charge is 0.497 e. The quantitative estimate of drug-likeness (QED) is 0.421. The molecule has 4 aromatic rings. The van der Waals surface area contributed by atoms with Gasteiger partial charge in [0, 0.05) is 23.6 Å². The van der Waals surface area contributed by atoms with E-state index in [4.69, 9.17) is 18.9 Å². The summed E-state index contributed by atoms with van der Waals surface area (Å²) in [7, 11) is 6.20. The van der Waals surface area contributed by atoms with Gasteiger partial charge in [-0.3, -0.25) is 14.2 Å². The zero-order valence-electron chi connectivity index (χ0n) is 18.7. The van der Waals surface area contributed by atoms with Crippen LogP contribution in [0.3, 0.4) is 0 Å². The molecule has 4 rings (SSSR count). The van der Waals surface area contributed by atoms with Crippen LogP contribution in [0.2, 0.25) is 0 Å². The highest BCUT2D eigenvalue weighted by Crippen LogP contribution is 2.34. The molecular weight excluding hydrogens is 428 g/mol. The van der Waals surface area contributed by atoms with E-state index in [2.05, 4.69) is 15.3 Å². The molecule has 0 aliphatic heterocycles. The lowest BCUT2D eigenvalue weighted by Crippen LogP contribution is -2.32. The van der Waals surface area contributed by atoms with Crippen LogP contribution in [0.1, 0.15) is 5.56 Å². The lowest BCUT2D eigenvalue weighted by Gasteiger charge is -2.12. The minimum absolute atomic E-state index is 0.184. The van der Waals surface area contributed by atoms with Crippen LogP contribution >= 0.6 is 0 Å². The van der Waals surface area contributed by atoms with E-state index >= 15 is 0 Å². The van der Waals surface area contributed by atoms with Gasteiger partial charge >= 0.3 is 0 Å². The number of aromatic amines is 1. The molecule has 2 aromatic heterocycles. The molecule has 0 saturated carbocycles. The number of nitrogens with zero attached hydrogens (tertiary/aromatic N) is 2. The number of benzene rings is 2. The van der Waals surface area contributed by atoms with Gasteiger partial charge in [-0.15, -0.1) is 0 Å². The summed E-state index contributed by atoms with van der Waals surface area (Å²) >= 11 is 0. The zero-order chi connectivity index (χ0) is 23.5. The molecule has 0 saturated heterocycles. The fourth-order valence-electron chi connectivity index (χ4n) is 3.66. The van der Waals surface area contributed by atoms with Crippen molar-refractivity contribution in [2.45, 2.75) is 13.1 Å². The smallest absolute Gasteiger partial charge is 0.278 e. The minimum Gasteiger partial charge on any atom is -0.497 e. The van der Waals surface area contributed by atoms with Crippen molar-refractivity contribution in [1.29, 1.82) is 0 Å². The molecule has 33 heavy (non-hydrogen) atoms. The molecule has 0 spiro atoms. The van der Waals surface area contributed by atoms with Crippen LogP contribution in [0.4, 0.5) is 0 Å². The van der Waals surface area contributed by atoms with E-state index < -0.39 is 0 Å². The van der Waals surface area contributed by atoms with Crippen LogP contribution in [-0.2, 0) is 17.9 Å². The third-order valence-corrected chi connectivity index (χ3v) is 5.35. The Bertz CT molecular complexity index is 1390. The van der Waals surface area contributed by atoms with Crippen LogP contribution in [0.5, 0.6) is 23.0 Å². The summed E-state index contributed by atoms with van der Waals surface area (Å²) in [6, 6.07) is 8.83. The van der Waals surface area contributed by atoms with Crippen LogP contribution in [-0.4, -0.2) is 48.9 Å². The summed E-state index contributed by atoms with van der Waals surface area (Å²) in [4.78, 5) is 33.0. The number of carbonyl (C=O) groups is 1. The third-order valence-electron chi connectivity index (χ3n) is 5.35. The van der Waals surface area contributed by atoms with E-state index in [1.807, 2.05) is 0 Å². The van der Waals surface area contributed by atoms with E-state index in [-0.39, 0.29) is 24.6 Å². The summed E-state index contributed by atoms with van der Waals surface area (Å²) in [6.45, 7) is 0.0334. The Morgan fingerprint density at radius 2 is 1.73 bits per heavy atom. The Labute approximate surface area is 189 Å². The van der Waals surface area contributed by atoms with E-state index in [9.17, 15) is 9.59 Å². The molecule has 0 aliphatic carbocycles. The van der Waals surface area contributed by atoms with Gasteiger partial charge in [-0.25, -0.2) is 4.98 Å². The van der Waals surface area contributed by atoms with Crippen molar-refractivity contribution in [1.82, 2.24) is 19.9 Å². The van der Waals surface area contributed by atoms with E-state index in [1.54, 1.807) is 51.7 Å². The maximum Gasteiger partial charge on any atom is 0.278 e.